The SMILES string of the molecule is CC1CN(c2nccc(-c3ccc4cnc(CNC(=O)c5ccc(N)c(S(C)=O)c5)cc4n3)n2)CC(C)O1. The first-order valence-electron chi connectivity index (χ1n) is 12.3. The van der Waals surface area contributed by atoms with Crippen molar-refractivity contribution in [2.75, 3.05) is 30.0 Å². The molecule has 0 radical (unpaired) electrons. The summed E-state index contributed by atoms with van der Waals surface area (Å²) in [6.07, 6.45) is 5.22. The van der Waals surface area contributed by atoms with Crippen molar-refractivity contribution in [3.63, 3.8) is 0 Å². The largest absolute Gasteiger partial charge is 0.398 e. The van der Waals surface area contributed by atoms with Gasteiger partial charge in [-0.25, -0.2) is 15.0 Å². The van der Waals surface area contributed by atoms with Crippen molar-refractivity contribution in [2.24, 2.45) is 0 Å². The number of nitrogens with zero attached hydrogens (tertiary/aromatic N) is 5. The summed E-state index contributed by atoms with van der Waals surface area (Å²) >= 11 is 0. The molecule has 3 unspecified atom stereocenters. The van der Waals surface area contributed by atoms with Crippen LogP contribution in [0.2, 0.25) is 0 Å². The van der Waals surface area contributed by atoms with Crippen molar-refractivity contribution in [1.82, 2.24) is 25.3 Å². The van der Waals surface area contributed by atoms with Crippen molar-refractivity contribution < 1.29 is 13.7 Å². The third-order valence-electron chi connectivity index (χ3n) is 6.25. The quantitative estimate of drug-likeness (QED) is 0.360. The van der Waals surface area contributed by atoms with Crippen molar-refractivity contribution in [3.05, 3.63) is 66.1 Å². The highest BCUT2D eigenvalue weighted by molar-refractivity contribution is 7.84. The molecule has 3 atom stereocenters. The predicted octanol–water partition coefficient (Wildman–Crippen LogP) is 2.95. The van der Waals surface area contributed by atoms with Crippen LogP contribution < -0.4 is 16.0 Å². The van der Waals surface area contributed by atoms with Crippen LogP contribution in [0.4, 0.5) is 11.6 Å². The molecule has 1 aliphatic heterocycles. The number of hydrogen-bond donors (Lipinski definition) is 2. The van der Waals surface area contributed by atoms with Crippen LogP contribution in [0.5, 0.6) is 0 Å². The van der Waals surface area contributed by atoms with E-state index in [1.54, 1.807) is 30.6 Å². The lowest BCUT2D eigenvalue weighted by Gasteiger charge is -2.35. The monoisotopic (exact) mass is 531 g/mol. The summed E-state index contributed by atoms with van der Waals surface area (Å²) in [5.41, 5.74) is 9.49. The number of carbonyl (C=O) groups excluding carboxylic acids is 1. The molecule has 0 bridgehead atoms. The molecule has 1 aliphatic rings. The van der Waals surface area contributed by atoms with Crippen molar-refractivity contribution >= 4 is 39.2 Å². The van der Waals surface area contributed by atoms with E-state index in [0.717, 1.165) is 35.4 Å². The van der Waals surface area contributed by atoms with Crippen LogP contribution in [0.3, 0.4) is 0 Å². The molecule has 196 valence electrons. The van der Waals surface area contributed by atoms with Gasteiger partial charge in [0.2, 0.25) is 5.95 Å². The molecule has 1 saturated heterocycles. The third kappa shape index (κ3) is 5.63. The first-order valence-corrected chi connectivity index (χ1v) is 13.8. The van der Waals surface area contributed by atoms with Gasteiger partial charge in [-0.05, 0) is 56.3 Å². The maximum absolute atomic E-state index is 12.7. The molecule has 1 aromatic carbocycles. The Kier molecular flexibility index (Phi) is 7.30. The number of rotatable bonds is 6. The van der Waals surface area contributed by atoms with Crippen LogP contribution in [-0.2, 0) is 22.1 Å². The predicted molar refractivity (Wildman–Crippen MR) is 147 cm³/mol. The Morgan fingerprint density at radius 2 is 1.84 bits per heavy atom. The van der Waals surface area contributed by atoms with Gasteiger partial charge in [-0.15, -0.1) is 0 Å². The number of amides is 1. The minimum Gasteiger partial charge on any atom is -0.398 e. The Hall–Kier alpha value is -3.96. The minimum atomic E-state index is -1.29. The summed E-state index contributed by atoms with van der Waals surface area (Å²) < 4.78 is 17.7. The maximum atomic E-state index is 12.7. The van der Waals surface area contributed by atoms with Crippen LogP contribution in [0.15, 0.2) is 59.8 Å². The lowest BCUT2D eigenvalue weighted by molar-refractivity contribution is -0.00571. The number of morpholine rings is 1. The molecule has 4 heterocycles. The van der Waals surface area contributed by atoms with Gasteiger partial charge in [-0.2, -0.15) is 0 Å². The fraction of sp³-hybridized carbons (Fsp3) is 0.296. The molecule has 5 rings (SSSR count). The number of benzene rings is 1. The molecule has 10 nitrogen and oxygen atoms in total. The van der Waals surface area contributed by atoms with Crippen molar-refractivity contribution in [3.8, 4) is 11.4 Å². The molecule has 0 aliphatic carbocycles. The van der Waals surface area contributed by atoms with Crippen molar-refractivity contribution in [1.29, 1.82) is 0 Å². The Bertz CT molecular complexity index is 1520. The lowest BCUT2D eigenvalue weighted by atomic mass is 10.1. The number of anilines is 2. The summed E-state index contributed by atoms with van der Waals surface area (Å²) in [6.45, 7) is 5.76. The highest BCUT2D eigenvalue weighted by Crippen LogP contribution is 2.23. The summed E-state index contributed by atoms with van der Waals surface area (Å²) in [4.78, 5) is 33.8. The molecule has 38 heavy (non-hydrogen) atoms. The second kappa shape index (κ2) is 10.8. The van der Waals surface area contributed by atoms with E-state index in [-0.39, 0.29) is 24.7 Å². The molecule has 11 heteroatoms. The number of hydrogen-bond acceptors (Lipinski definition) is 9. The Morgan fingerprint density at radius 3 is 2.61 bits per heavy atom. The second-order valence-electron chi connectivity index (χ2n) is 9.36. The molecule has 0 spiro atoms. The minimum absolute atomic E-state index is 0.105. The fourth-order valence-electron chi connectivity index (χ4n) is 4.48. The van der Waals surface area contributed by atoms with E-state index in [4.69, 9.17) is 20.4 Å². The van der Waals surface area contributed by atoms with Gasteiger partial charge >= 0.3 is 0 Å². The van der Waals surface area contributed by atoms with E-state index in [9.17, 15) is 9.00 Å². The highest BCUT2D eigenvalue weighted by atomic mass is 32.2. The second-order valence-corrected chi connectivity index (χ2v) is 10.7. The average Bonchev–Trinajstić information content (AvgIpc) is 2.91. The van der Waals surface area contributed by atoms with Crippen LogP contribution in [0, 0.1) is 0 Å². The normalized spacial score (nSPS) is 18.3. The van der Waals surface area contributed by atoms with Gasteiger partial charge in [0.25, 0.3) is 5.91 Å². The molecule has 1 fully saturated rings. The van der Waals surface area contributed by atoms with E-state index in [1.165, 1.54) is 6.26 Å². The molecular weight excluding hydrogens is 502 g/mol. The van der Waals surface area contributed by atoms with E-state index >= 15 is 0 Å². The van der Waals surface area contributed by atoms with Crippen LogP contribution in [0.25, 0.3) is 22.3 Å². The Morgan fingerprint density at radius 1 is 1.08 bits per heavy atom. The molecule has 3 aromatic heterocycles. The zero-order valence-corrected chi connectivity index (χ0v) is 22.2. The number of ether oxygens (including phenoxy) is 1. The summed E-state index contributed by atoms with van der Waals surface area (Å²) in [6, 6.07) is 12.3. The van der Waals surface area contributed by atoms with Gasteiger partial charge in [0.05, 0.1) is 57.0 Å². The number of nitrogens with two attached hydrogens (primary N) is 1. The van der Waals surface area contributed by atoms with E-state index in [2.05, 4.69) is 20.2 Å². The highest BCUT2D eigenvalue weighted by Gasteiger charge is 2.24. The first kappa shape index (κ1) is 25.7. The number of pyridine rings is 2. The summed E-state index contributed by atoms with van der Waals surface area (Å²) in [7, 11) is -1.29. The van der Waals surface area contributed by atoms with Gasteiger partial charge in [-0.1, -0.05) is 0 Å². The maximum Gasteiger partial charge on any atom is 0.251 e. The number of nitrogens with one attached hydrogen (secondary N) is 1. The van der Waals surface area contributed by atoms with Crippen LogP contribution >= 0.6 is 0 Å². The van der Waals surface area contributed by atoms with Gasteiger partial charge in [0.15, 0.2) is 0 Å². The van der Waals surface area contributed by atoms with E-state index < -0.39 is 10.8 Å². The fourth-order valence-corrected chi connectivity index (χ4v) is 5.17. The number of carbonyl (C=O) groups is 1. The van der Waals surface area contributed by atoms with Gasteiger partial charge in [0.1, 0.15) is 0 Å². The smallest absolute Gasteiger partial charge is 0.251 e. The number of fused-ring (bicyclic) bond motifs is 1. The standard InChI is InChI=1S/C27H29N7O3S/c1-16-14-34(15-17(2)37-16)27-29-9-8-23(33-27)22-7-5-19-12-30-20(11-24(19)32-22)13-31-26(35)18-4-6-21(28)25(10-18)38(3)36/h4-12,16-17H,13-15,28H2,1-3H3,(H,31,35). The number of aromatic nitrogens is 4. The first-order chi connectivity index (χ1) is 18.3. The van der Waals surface area contributed by atoms with Gasteiger partial charge in [-0.3, -0.25) is 14.0 Å². The summed E-state index contributed by atoms with van der Waals surface area (Å²) in [5, 5.41) is 3.73. The lowest BCUT2D eigenvalue weighted by Crippen LogP contribution is -2.46. The van der Waals surface area contributed by atoms with Gasteiger partial charge in [0, 0.05) is 48.4 Å². The Labute approximate surface area is 223 Å². The molecule has 1 amide bonds. The van der Waals surface area contributed by atoms with E-state index in [0.29, 0.717) is 27.8 Å². The molecular formula is C27H29N7O3S. The zero-order valence-electron chi connectivity index (χ0n) is 21.4. The number of nitrogen functional groups attached to an aromatic ring is 1. The van der Waals surface area contributed by atoms with Crippen LogP contribution in [0.1, 0.15) is 29.9 Å². The summed E-state index contributed by atoms with van der Waals surface area (Å²) in [5.74, 6) is 0.350. The van der Waals surface area contributed by atoms with Gasteiger partial charge < -0.3 is 20.7 Å². The molecule has 3 N–H and O–H groups in total. The Balaban J connectivity index is 1.34. The molecule has 0 saturated carbocycles. The third-order valence-corrected chi connectivity index (χ3v) is 7.23. The van der Waals surface area contributed by atoms with E-state index in [1.807, 2.05) is 38.1 Å². The molecule has 4 aromatic rings. The van der Waals surface area contributed by atoms with Crippen molar-refractivity contribution in [2.45, 2.75) is 37.5 Å². The zero-order chi connectivity index (χ0) is 26.8. The van der Waals surface area contributed by atoms with Crippen LogP contribution in [-0.4, -0.2) is 61.6 Å². The topological polar surface area (TPSA) is 136 Å². The average molecular weight is 532 g/mol.